The molecular weight excluding hydrogens is 381 g/mol. The van der Waals surface area contributed by atoms with E-state index in [-0.39, 0.29) is 23.0 Å². The third-order valence-electron chi connectivity index (χ3n) is 4.87. The molecule has 0 heterocycles. The molecule has 0 N–H and O–H groups in total. The number of carbonyl (C=O) groups excluding carboxylic acids is 1. The summed E-state index contributed by atoms with van der Waals surface area (Å²) in [7, 11) is -2.91. The molecule has 0 bridgehead atoms. The van der Waals surface area contributed by atoms with E-state index < -0.39 is 21.8 Å². The molecule has 1 aliphatic carbocycles. The largest absolute Gasteiger partial charge is 0.465 e. The summed E-state index contributed by atoms with van der Waals surface area (Å²) in [6, 6.07) is 10.7. The van der Waals surface area contributed by atoms with Crippen LogP contribution in [0.1, 0.15) is 54.1 Å². The Kier molecular flexibility index (Phi) is 5.86. The number of nitrogens with zero attached hydrogens (tertiary/aromatic N) is 1. The van der Waals surface area contributed by atoms with Gasteiger partial charge in [0.15, 0.2) is 0 Å². The summed E-state index contributed by atoms with van der Waals surface area (Å²) in [5.41, 5.74) is 1.85. The average Bonchev–Trinajstić information content (AvgIpc) is 3.50. The van der Waals surface area contributed by atoms with E-state index in [1.54, 1.807) is 0 Å². The maximum atomic E-state index is 13.8. The molecule has 7 heteroatoms. The highest BCUT2D eigenvalue weighted by atomic mass is 32.2. The number of benzene rings is 2. The lowest BCUT2D eigenvalue weighted by Gasteiger charge is -2.23. The van der Waals surface area contributed by atoms with Gasteiger partial charge in [0.25, 0.3) is 0 Å². The van der Waals surface area contributed by atoms with Crippen LogP contribution in [-0.4, -0.2) is 31.8 Å². The maximum absolute atomic E-state index is 13.8. The van der Waals surface area contributed by atoms with Crippen molar-refractivity contribution in [1.29, 1.82) is 0 Å². The molecule has 1 saturated carbocycles. The Hall–Kier alpha value is -2.25. The van der Waals surface area contributed by atoms with Gasteiger partial charge >= 0.3 is 5.97 Å². The topological polar surface area (TPSA) is 63.7 Å². The van der Waals surface area contributed by atoms with E-state index in [9.17, 15) is 17.6 Å². The molecule has 0 spiro atoms. The zero-order valence-electron chi connectivity index (χ0n) is 16.2. The number of sulfonamides is 1. The van der Waals surface area contributed by atoms with Crippen LogP contribution in [0.5, 0.6) is 0 Å². The van der Waals surface area contributed by atoms with Gasteiger partial charge < -0.3 is 4.74 Å². The third kappa shape index (κ3) is 4.25. The molecule has 2 aromatic carbocycles. The van der Waals surface area contributed by atoms with Gasteiger partial charge in [-0.1, -0.05) is 38.1 Å². The van der Waals surface area contributed by atoms with Gasteiger partial charge in [-0.3, -0.25) is 0 Å². The lowest BCUT2D eigenvalue weighted by molar-refractivity contribution is 0.0596. The second-order valence-corrected chi connectivity index (χ2v) is 9.17. The lowest BCUT2D eigenvalue weighted by atomic mass is 10.0. The number of carbonyl (C=O) groups is 1. The first-order chi connectivity index (χ1) is 13.2. The lowest BCUT2D eigenvalue weighted by Crippen LogP contribution is -2.33. The molecule has 3 rings (SSSR count). The standard InChI is InChI=1S/C21H24FNO4S/c1-14(2)16-6-4-15(5-7-16)13-23(18-9-10-18)28(25,26)20-12-17(22)8-11-19(20)21(24)27-3/h4-8,11-12,14,18H,9-10,13H2,1-3H3. The van der Waals surface area contributed by atoms with Crippen LogP contribution in [0, 0.1) is 5.82 Å². The molecular formula is C21H24FNO4S. The minimum atomic E-state index is -4.08. The van der Waals surface area contributed by atoms with Crippen LogP contribution < -0.4 is 0 Å². The van der Waals surface area contributed by atoms with Crippen molar-refractivity contribution in [3.8, 4) is 0 Å². The predicted octanol–water partition coefficient (Wildman–Crippen LogP) is 4.09. The third-order valence-corrected chi connectivity index (χ3v) is 6.81. The van der Waals surface area contributed by atoms with Gasteiger partial charge in [-0.25, -0.2) is 17.6 Å². The molecule has 28 heavy (non-hydrogen) atoms. The quantitative estimate of drug-likeness (QED) is 0.651. The van der Waals surface area contributed by atoms with E-state index in [2.05, 4.69) is 18.6 Å². The van der Waals surface area contributed by atoms with Crippen LogP contribution in [0.3, 0.4) is 0 Å². The number of esters is 1. The number of hydrogen-bond acceptors (Lipinski definition) is 4. The monoisotopic (exact) mass is 405 g/mol. The smallest absolute Gasteiger partial charge is 0.339 e. The van der Waals surface area contributed by atoms with E-state index in [0.717, 1.165) is 43.7 Å². The van der Waals surface area contributed by atoms with Crippen LogP contribution >= 0.6 is 0 Å². The SMILES string of the molecule is COC(=O)c1ccc(F)cc1S(=O)(=O)N(Cc1ccc(C(C)C)cc1)C1CC1. The van der Waals surface area contributed by atoms with E-state index in [0.29, 0.717) is 5.92 Å². The first-order valence-electron chi connectivity index (χ1n) is 9.22. The van der Waals surface area contributed by atoms with Crippen LogP contribution in [0.2, 0.25) is 0 Å². The van der Waals surface area contributed by atoms with Crippen LogP contribution in [0.25, 0.3) is 0 Å². The number of methoxy groups -OCH3 is 1. The van der Waals surface area contributed by atoms with Crippen LogP contribution in [0.15, 0.2) is 47.4 Å². The van der Waals surface area contributed by atoms with Gasteiger partial charge in [-0.15, -0.1) is 0 Å². The summed E-state index contributed by atoms with van der Waals surface area (Å²) < 4.78 is 46.6. The molecule has 2 aromatic rings. The summed E-state index contributed by atoms with van der Waals surface area (Å²) in [5, 5.41) is 0. The van der Waals surface area contributed by atoms with Crippen molar-refractivity contribution >= 4 is 16.0 Å². The molecule has 5 nitrogen and oxygen atoms in total. The summed E-state index contributed by atoms with van der Waals surface area (Å²) in [6.07, 6.45) is 1.48. The van der Waals surface area contributed by atoms with E-state index >= 15 is 0 Å². The van der Waals surface area contributed by atoms with Crippen molar-refractivity contribution in [2.24, 2.45) is 0 Å². The molecule has 0 radical (unpaired) electrons. The zero-order valence-corrected chi connectivity index (χ0v) is 17.0. The molecule has 0 aromatic heterocycles. The van der Waals surface area contributed by atoms with Crippen LogP contribution in [-0.2, 0) is 21.3 Å². The Morgan fingerprint density at radius 3 is 2.36 bits per heavy atom. The first kappa shape index (κ1) is 20.5. The molecule has 1 aliphatic rings. The van der Waals surface area contributed by atoms with E-state index in [1.165, 1.54) is 9.87 Å². The number of ether oxygens (including phenoxy) is 1. The van der Waals surface area contributed by atoms with Gasteiger partial charge in [0, 0.05) is 12.6 Å². The Bertz CT molecular complexity index is 966. The Labute approximate surface area is 165 Å². The maximum Gasteiger partial charge on any atom is 0.339 e. The number of hydrogen-bond donors (Lipinski definition) is 0. The van der Waals surface area contributed by atoms with Crippen LogP contribution in [0.4, 0.5) is 4.39 Å². The van der Waals surface area contributed by atoms with Gasteiger partial charge in [0.1, 0.15) is 5.82 Å². The Morgan fingerprint density at radius 2 is 1.82 bits per heavy atom. The van der Waals surface area contributed by atoms with Gasteiger partial charge in [-0.2, -0.15) is 4.31 Å². The first-order valence-corrected chi connectivity index (χ1v) is 10.7. The van der Waals surface area contributed by atoms with Crippen molar-refractivity contribution in [3.05, 3.63) is 65.0 Å². The summed E-state index contributed by atoms with van der Waals surface area (Å²) >= 11 is 0. The molecule has 0 saturated heterocycles. The normalized spacial score (nSPS) is 14.5. The fourth-order valence-electron chi connectivity index (χ4n) is 3.08. The van der Waals surface area contributed by atoms with Crippen molar-refractivity contribution < 1.29 is 22.3 Å². The molecule has 0 amide bonds. The summed E-state index contributed by atoms with van der Waals surface area (Å²) in [4.78, 5) is 11.7. The van der Waals surface area contributed by atoms with E-state index in [4.69, 9.17) is 0 Å². The van der Waals surface area contributed by atoms with Gasteiger partial charge in [-0.05, 0) is 48.1 Å². The van der Waals surface area contributed by atoms with Gasteiger partial charge in [0.2, 0.25) is 10.0 Å². The van der Waals surface area contributed by atoms with E-state index in [1.807, 2.05) is 24.3 Å². The Balaban J connectivity index is 1.98. The Morgan fingerprint density at radius 1 is 1.18 bits per heavy atom. The van der Waals surface area contributed by atoms with Crippen molar-refractivity contribution in [1.82, 2.24) is 4.31 Å². The zero-order chi connectivity index (χ0) is 20.5. The fraction of sp³-hybridized carbons (Fsp3) is 0.381. The minimum absolute atomic E-state index is 0.150. The highest BCUT2D eigenvalue weighted by molar-refractivity contribution is 7.89. The van der Waals surface area contributed by atoms with Crippen molar-refractivity contribution in [3.63, 3.8) is 0 Å². The van der Waals surface area contributed by atoms with Crippen molar-refractivity contribution in [2.75, 3.05) is 7.11 Å². The summed E-state index contributed by atoms with van der Waals surface area (Å²) in [6.45, 7) is 4.35. The second-order valence-electron chi connectivity index (χ2n) is 7.31. The molecule has 150 valence electrons. The molecule has 0 atom stereocenters. The van der Waals surface area contributed by atoms with Crippen molar-refractivity contribution in [2.45, 2.75) is 50.1 Å². The summed E-state index contributed by atoms with van der Waals surface area (Å²) in [5.74, 6) is -1.15. The molecule has 0 aliphatic heterocycles. The highest BCUT2D eigenvalue weighted by Gasteiger charge is 2.40. The predicted molar refractivity (Wildman–Crippen MR) is 104 cm³/mol. The number of rotatable bonds is 7. The number of halogens is 1. The second kappa shape index (κ2) is 8.01. The molecule has 0 unspecified atom stereocenters. The fourth-order valence-corrected chi connectivity index (χ4v) is 4.94. The molecule has 1 fully saturated rings. The highest BCUT2D eigenvalue weighted by Crippen LogP contribution is 2.35. The van der Waals surface area contributed by atoms with Gasteiger partial charge in [0.05, 0.1) is 17.6 Å². The average molecular weight is 405 g/mol. The minimum Gasteiger partial charge on any atom is -0.465 e.